The van der Waals surface area contributed by atoms with Crippen LogP contribution in [0.4, 0.5) is 10.2 Å². The second-order valence-corrected chi connectivity index (χ2v) is 9.26. The van der Waals surface area contributed by atoms with Gasteiger partial charge in [0, 0.05) is 23.6 Å². The number of anilines is 1. The van der Waals surface area contributed by atoms with Crippen molar-refractivity contribution in [3.63, 3.8) is 0 Å². The van der Waals surface area contributed by atoms with Crippen LogP contribution in [0.5, 0.6) is 0 Å². The Morgan fingerprint density at radius 2 is 1.93 bits per heavy atom. The van der Waals surface area contributed by atoms with Crippen molar-refractivity contribution in [1.82, 2.24) is 9.97 Å². The number of H-pyrrole nitrogens is 1. The maximum Gasteiger partial charge on any atom is 0.257 e. The lowest BCUT2D eigenvalue weighted by Gasteiger charge is -2.38. The van der Waals surface area contributed by atoms with Gasteiger partial charge in [-0.15, -0.1) is 0 Å². The minimum Gasteiger partial charge on any atom is -0.343 e. The van der Waals surface area contributed by atoms with Crippen LogP contribution in [-0.2, 0) is 4.79 Å². The van der Waals surface area contributed by atoms with E-state index in [4.69, 9.17) is 0 Å². The quantitative estimate of drug-likeness (QED) is 0.597. The Morgan fingerprint density at radius 3 is 2.61 bits per heavy atom. The molecule has 0 saturated carbocycles. The zero-order valence-corrected chi connectivity index (χ0v) is 16.9. The zero-order chi connectivity index (χ0) is 20.1. The van der Waals surface area contributed by atoms with Crippen LogP contribution in [0.1, 0.15) is 50.7 Å². The Bertz CT molecular complexity index is 1040. The predicted molar refractivity (Wildman–Crippen MR) is 108 cm³/mol. The van der Waals surface area contributed by atoms with Gasteiger partial charge in [-0.05, 0) is 35.3 Å². The van der Waals surface area contributed by atoms with Crippen molar-refractivity contribution >= 4 is 23.4 Å². The number of benzene rings is 1. The number of halogens is 1. The fraction of sp³-hybridized carbons (Fsp3) is 0.381. The maximum atomic E-state index is 13.5. The van der Waals surface area contributed by atoms with Gasteiger partial charge in [0.1, 0.15) is 11.6 Å². The standard InChI is InChI=1S/C21H22FN3O2S/c1-4-28-20-24-18-17(19(27)25-20)15(11-5-7-12(22)8-6-11)16-13(23-18)9-21(2,3)10-14(16)26/h5-8,15H,4,9-10H2,1-3H3,(H2,23,24,25,27)/t15-/m0/s1. The van der Waals surface area contributed by atoms with Gasteiger partial charge in [0.2, 0.25) is 0 Å². The van der Waals surface area contributed by atoms with Gasteiger partial charge in [0.25, 0.3) is 5.56 Å². The molecule has 0 saturated heterocycles. The maximum absolute atomic E-state index is 13.5. The van der Waals surface area contributed by atoms with E-state index in [1.165, 1.54) is 23.9 Å². The van der Waals surface area contributed by atoms with Gasteiger partial charge < -0.3 is 10.3 Å². The van der Waals surface area contributed by atoms with Crippen molar-refractivity contribution in [2.75, 3.05) is 11.1 Å². The van der Waals surface area contributed by atoms with Crippen LogP contribution in [0.15, 0.2) is 45.5 Å². The highest BCUT2D eigenvalue weighted by molar-refractivity contribution is 7.99. The molecule has 0 fully saturated rings. The lowest BCUT2D eigenvalue weighted by molar-refractivity contribution is -0.118. The average Bonchev–Trinajstić information content (AvgIpc) is 2.60. The number of hydrogen-bond donors (Lipinski definition) is 2. The molecule has 0 bridgehead atoms. The van der Waals surface area contributed by atoms with Gasteiger partial charge in [-0.2, -0.15) is 0 Å². The second kappa shape index (κ2) is 6.88. The summed E-state index contributed by atoms with van der Waals surface area (Å²) in [4.78, 5) is 33.5. The summed E-state index contributed by atoms with van der Waals surface area (Å²) < 4.78 is 13.5. The molecule has 1 aliphatic heterocycles. The molecule has 2 aromatic rings. The number of fused-ring (bicyclic) bond motifs is 1. The van der Waals surface area contributed by atoms with Gasteiger partial charge in [-0.3, -0.25) is 9.59 Å². The first kappa shape index (κ1) is 18.9. The number of carbonyl (C=O) groups excluding carboxylic acids is 1. The largest absolute Gasteiger partial charge is 0.343 e. The summed E-state index contributed by atoms with van der Waals surface area (Å²) in [6.07, 6.45) is 1.10. The van der Waals surface area contributed by atoms with E-state index in [2.05, 4.69) is 29.1 Å². The molecule has 146 valence electrons. The molecule has 5 nitrogen and oxygen atoms in total. The summed E-state index contributed by atoms with van der Waals surface area (Å²) >= 11 is 1.45. The number of aromatic amines is 1. The molecular weight excluding hydrogens is 377 g/mol. The van der Waals surface area contributed by atoms with Crippen molar-refractivity contribution < 1.29 is 9.18 Å². The topological polar surface area (TPSA) is 74.8 Å². The number of ketones is 1. The van der Waals surface area contributed by atoms with Gasteiger partial charge in [-0.1, -0.05) is 44.7 Å². The van der Waals surface area contributed by atoms with Crippen LogP contribution in [0, 0.1) is 11.2 Å². The number of nitrogens with zero attached hydrogens (tertiary/aromatic N) is 1. The zero-order valence-electron chi connectivity index (χ0n) is 16.1. The molecule has 0 radical (unpaired) electrons. The van der Waals surface area contributed by atoms with Crippen molar-refractivity contribution in [2.24, 2.45) is 5.41 Å². The van der Waals surface area contributed by atoms with Crippen LogP contribution in [0.25, 0.3) is 0 Å². The third-order valence-corrected chi connectivity index (χ3v) is 5.94. The lowest BCUT2D eigenvalue weighted by Crippen LogP contribution is -2.37. The van der Waals surface area contributed by atoms with E-state index in [0.717, 1.165) is 11.4 Å². The highest BCUT2D eigenvalue weighted by Crippen LogP contribution is 2.47. The van der Waals surface area contributed by atoms with E-state index in [0.29, 0.717) is 40.5 Å². The monoisotopic (exact) mass is 399 g/mol. The van der Waals surface area contributed by atoms with E-state index in [9.17, 15) is 14.0 Å². The summed E-state index contributed by atoms with van der Waals surface area (Å²) in [5.41, 5.74) is 2.10. The van der Waals surface area contributed by atoms with Gasteiger partial charge in [0.05, 0.1) is 5.56 Å². The second-order valence-electron chi connectivity index (χ2n) is 8.01. The van der Waals surface area contributed by atoms with Gasteiger partial charge in [-0.25, -0.2) is 9.37 Å². The van der Waals surface area contributed by atoms with Crippen LogP contribution in [0.2, 0.25) is 0 Å². The van der Waals surface area contributed by atoms with Crippen molar-refractivity contribution in [1.29, 1.82) is 0 Å². The summed E-state index contributed by atoms with van der Waals surface area (Å²) in [5, 5.41) is 3.82. The smallest absolute Gasteiger partial charge is 0.257 e. The molecule has 7 heteroatoms. The molecule has 0 unspecified atom stereocenters. The molecule has 1 aromatic carbocycles. The molecule has 0 spiro atoms. The molecule has 28 heavy (non-hydrogen) atoms. The molecule has 2 heterocycles. The first-order valence-electron chi connectivity index (χ1n) is 9.35. The number of carbonyl (C=O) groups is 1. The SMILES string of the molecule is CCSc1nc2c(c(=O)[nH]1)[C@@H](c1ccc(F)cc1)C1=C(CC(C)(C)CC1=O)N2. The van der Waals surface area contributed by atoms with Crippen molar-refractivity contribution in [2.45, 2.75) is 44.7 Å². The minimum absolute atomic E-state index is 0.0186. The Morgan fingerprint density at radius 1 is 1.21 bits per heavy atom. The van der Waals surface area contributed by atoms with E-state index in [1.54, 1.807) is 12.1 Å². The molecular formula is C21H22FN3O2S. The highest BCUT2D eigenvalue weighted by Gasteiger charge is 2.42. The number of Topliss-reactive ketones (excluding diaryl/α,β-unsaturated/α-hetero) is 1. The molecule has 0 amide bonds. The van der Waals surface area contributed by atoms with E-state index >= 15 is 0 Å². The first-order chi connectivity index (χ1) is 13.3. The number of aromatic nitrogens is 2. The van der Waals surface area contributed by atoms with Crippen molar-refractivity contribution in [3.05, 3.63) is 62.8 Å². The summed E-state index contributed by atoms with van der Waals surface area (Å²) in [6.45, 7) is 6.10. The number of thioether (sulfide) groups is 1. The average molecular weight is 399 g/mol. The van der Waals surface area contributed by atoms with E-state index in [-0.39, 0.29) is 22.6 Å². The normalized spacial score (nSPS) is 20.4. The summed E-state index contributed by atoms with van der Waals surface area (Å²) in [7, 11) is 0. The van der Waals surface area contributed by atoms with E-state index < -0.39 is 5.92 Å². The third kappa shape index (κ3) is 3.28. The van der Waals surface area contributed by atoms with Gasteiger partial charge >= 0.3 is 0 Å². The Kier molecular flexibility index (Phi) is 4.65. The highest BCUT2D eigenvalue weighted by atomic mass is 32.2. The van der Waals surface area contributed by atoms with Crippen LogP contribution in [-0.4, -0.2) is 21.5 Å². The predicted octanol–water partition coefficient (Wildman–Crippen LogP) is 4.22. The fourth-order valence-corrected chi connectivity index (χ4v) is 4.68. The van der Waals surface area contributed by atoms with Crippen LogP contribution < -0.4 is 10.9 Å². The third-order valence-electron chi connectivity index (χ3n) is 5.18. The molecule has 4 rings (SSSR count). The van der Waals surface area contributed by atoms with Crippen LogP contribution >= 0.6 is 11.8 Å². The molecule has 1 atom stereocenters. The number of allylic oxidation sites excluding steroid dienone is 2. The Hall–Kier alpha value is -2.41. The lowest BCUT2D eigenvalue weighted by atomic mass is 9.69. The van der Waals surface area contributed by atoms with Crippen molar-refractivity contribution in [3.8, 4) is 0 Å². The Balaban J connectivity index is 1.95. The number of rotatable bonds is 3. The van der Waals surface area contributed by atoms with E-state index in [1.807, 2.05) is 6.92 Å². The first-order valence-corrected chi connectivity index (χ1v) is 10.3. The molecule has 1 aliphatic carbocycles. The summed E-state index contributed by atoms with van der Waals surface area (Å²) in [6, 6.07) is 6.00. The molecule has 1 aromatic heterocycles. The molecule has 2 N–H and O–H groups in total. The van der Waals surface area contributed by atoms with Crippen LogP contribution in [0.3, 0.4) is 0 Å². The number of nitrogens with one attached hydrogen (secondary N) is 2. The van der Waals surface area contributed by atoms with Gasteiger partial charge in [0.15, 0.2) is 10.9 Å². The summed E-state index contributed by atoms with van der Waals surface area (Å²) in [5.74, 6) is 0.378. The minimum atomic E-state index is -0.549. The Labute approximate surface area is 166 Å². The fourth-order valence-electron chi connectivity index (χ4n) is 4.09. The number of hydrogen-bond acceptors (Lipinski definition) is 5. The molecule has 2 aliphatic rings.